The molecule has 2 aromatic heterocycles. The molecule has 0 radical (unpaired) electrons. The van der Waals surface area contributed by atoms with Gasteiger partial charge < -0.3 is 9.64 Å². The van der Waals surface area contributed by atoms with Crippen LogP contribution < -0.4 is 4.90 Å². The zero-order chi connectivity index (χ0) is 21.6. The predicted octanol–water partition coefficient (Wildman–Crippen LogP) is 3.68. The molecule has 6 heteroatoms. The van der Waals surface area contributed by atoms with Crippen molar-refractivity contribution < 1.29 is 4.74 Å². The summed E-state index contributed by atoms with van der Waals surface area (Å²) in [6, 6.07) is 19.2. The lowest BCUT2D eigenvalue weighted by Crippen LogP contribution is -2.37. The molecule has 0 bridgehead atoms. The lowest BCUT2D eigenvalue weighted by molar-refractivity contribution is 0.122. The summed E-state index contributed by atoms with van der Waals surface area (Å²) in [5.74, 6) is 1.37. The highest BCUT2D eigenvalue weighted by atomic mass is 16.5. The van der Waals surface area contributed by atoms with Crippen molar-refractivity contribution in [2.24, 2.45) is 0 Å². The summed E-state index contributed by atoms with van der Waals surface area (Å²) < 4.78 is 5.45. The van der Waals surface area contributed by atoms with Crippen LogP contribution in [0.3, 0.4) is 0 Å². The second-order valence-corrected chi connectivity index (χ2v) is 8.71. The lowest BCUT2D eigenvalue weighted by atomic mass is 9.92. The van der Waals surface area contributed by atoms with E-state index in [-0.39, 0.29) is 0 Å². The minimum Gasteiger partial charge on any atom is -0.378 e. The number of anilines is 1. The van der Waals surface area contributed by atoms with Gasteiger partial charge in [0.2, 0.25) is 5.95 Å². The van der Waals surface area contributed by atoms with Crippen molar-refractivity contribution in [2.75, 3.05) is 44.3 Å². The highest BCUT2D eigenvalue weighted by Gasteiger charge is 2.22. The zero-order valence-electron chi connectivity index (χ0n) is 18.6. The standard InChI is InChI=1S/C26H31N5O/c1-2-5-21(6-3-1)19-23-7-4-8-25(28-23)22-10-13-30(14-11-22)20-24-9-12-27-26(29-24)31-15-17-32-18-16-31/h1-9,12,22H,10-11,13-20H2. The van der Waals surface area contributed by atoms with Crippen LogP contribution in [0.15, 0.2) is 60.8 Å². The molecule has 2 aliphatic rings. The summed E-state index contributed by atoms with van der Waals surface area (Å²) in [6.07, 6.45) is 5.07. The highest BCUT2D eigenvalue weighted by molar-refractivity contribution is 5.30. The fourth-order valence-electron chi connectivity index (χ4n) is 4.63. The fraction of sp³-hybridized carbons (Fsp3) is 0.423. The van der Waals surface area contributed by atoms with Gasteiger partial charge in [-0.1, -0.05) is 36.4 Å². The summed E-state index contributed by atoms with van der Waals surface area (Å²) in [6.45, 7) is 6.27. The first kappa shape index (κ1) is 21.0. The third-order valence-corrected chi connectivity index (χ3v) is 6.44. The smallest absolute Gasteiger partial charge is 0.225 e. The highest BCUT2D eigenvalue weighted by Crippen LogP contribution is 2.28. The van der Waals surface area contributed by atoms with E-state index in [0.717, 1.165) is 82.5 Å². The first-order chi connectivity index (χ1) is 15.8. The van der Waals surface area contributed by atoms with Gasteiger partial charge in [0.25, 0.3) is 0 Å². The summed E-state index contributed by atoms with van der Waals surface area (Å²) in [7, 11) is 0. The lowest BCUT2D eigenvalue weighted by Gasteiger charge is -2.32. The van der Waals surface area contributed by atoms with Crippen molar-refractivity contribution in [2.45, 2.75) is 31.7 Å². The molecule has 32 heavy (non-hydrogen) atoms. The first-order valence-corrected chi connectivity index (χ1v) is 11.7. The SMILES string of the molecule is c1ccc(Cc2cccc(C3CCN(Cc4ccnc(N5CCOCC5)n4)CC3)n2)cc1. The number of hydrogen-bond acceptors (Lipinski definition) is 6. The Morgan fingerprint density at radius 3 is 2.44 bits per heavy atom. The average Bonchev–Trinajstić information content (AvgIpc) is 2.86. The molecule has 0 spiro atoms. The van der Waals surface area contributed by atoms with Gasteiger partial charge in [0, 0.05) is 49.6 Å². The molecular weight excluding hydrogens is 398 g/mol. The normalized spacial score (nSPS) is 18.1. The van der Waals surface area contributed by atoms with Crippen LogP contribution in [0.5, 0.6) is 0 Å². The second kappa shape index (κ2) is 10.2. The van der Waals surface area contributed by atoms with E-state index in [1.807, 2.05) is 12.3 Å². The van der Waals surface area contributed by atoms with E-state index in [2.05, 4.69) is 63.3 Å². The van der Waals surface area contributed by atoms with Crippen LogP contribution >= 0.6 is 0 Å². The van der Waals surface area contributed by atoms with E-state index in [4.69, 9.17) is 14.7 Å². The molecule has 0 N–H and O–H groups in total. The Labute approximate surface area is 190 Å². The number of ether oxygens (including phenoxy) is 1. The molecule has 1 aromatic carbocycles. The van der Waals surface area contributed by atoms with Gasteiger partial charge in [0.05, 0.1) is 18.9 Å². The van der Waals surface area contributed by atoms with E-state index in [1.165, 1.54) is 11.3 Å². The van der Waals surface area contributed by atoms with Crippen LogP contribution in [0.4, 0.5) is 5.95 Å². The topological polar surface area (TPSA) is 54.4 Å². The number of aromatic nitrogens is 3. The number of morpholine rings is 1. The van der Waals surface area contributed by atoms with Crippen LogP contribution in [0.1, 0.15) is 41.4 Å². The molecule has 0 aliphatic carbocycles. The van der Waals surface area contributed by atoms with Crippen molar-refractivity contribution in [3.05, 3.63) is 83.4 Å². The Kier molecular flexibility index (Phi) is 6.70. The molecule has 6 nitrogen and oxygen atoms in total. The molecule has 0 atom stereocenters. The summed E-state index contributed by atoms with van der Waals surface area (Å²) in [5, 5.41) is 0. The molecule has 0 saturated carbocycles. The summed E-state index contributed by atoms with van der Waals surface area (Å²) in [5.41, 5.74) is 4.82. The minimum absolute atomic E-state index is 0.538. The van der Waals surface area contributed by atoms with Crippen LogP contribution in [-0.2, 0) is 17.7 Å². The molecule has 2 saturated heterocycles. The molecule has 0 amide bonds. The molecule has 2 fully saturated rings. The summed E-state index contributed by atoms with van der Waals surface area (Å²) in [4.78, 5) is 19.0. The van der Waals surface area contributed by atoms with E-state index in [1.54, 1.807) is 0 Å². The Hall–Kier alpha value is -2.83. The maximum absolute atomic E-state index is 5.45. The minimum atomic E-state index is 0.538. The van der Waals surface area contributed by atoms with Gasteiger partial charge in [-0.15, -0.1) is 0 Å². The van der Waals surface area contributed by atoms with Crippen LogP contribution in [0.25, 0.3) is 0 Å². The Balaban J connectivity index is 1.17. The number of pyridine rings is 1. The maximum atomic E-state index is 5.45. The van der Waals surface area contributed by atoms with E-state index in [9.17, 15) is 0 Å². The van der Waals surface area contributed by atoms with Gasteiger partial charge in [-0.25, -0.2) is 9.97 Å². The number of benzene rings is 1. The number of hydrogen-bond donors (Lipinski definition) is 0. The molecule has 5 rings (SSSR count). The summed E-state index contributed by atoms with van der Waals surface area (Å²) >= 11 is 0. The molecule has 0 unspecified atom stereocenters. The van der Waals surface area contributed by atoms with Gasteiger partial charge in [0.15, 0.2) is 0 Å². The van der Waals surface area contributed by atoms with Crippen molar-refractivity contribution in [1.82, 2.24) is 19.9 Å². The van der Waals surface area contributed by atoms with E-state index >= 15 is 0 Å². The monoisotopic (exact) mass is 429 g/mol. The van der Waals surface area contributed by atoms with Gasteiger partial charge in [-0.05, 0) is 49.7 Å². The third kappa shape index (κ3) is 5.31. The quantitative estimate of drug-likeness (QED) is 0.596. The molecule has 2 aliphatic heterocycles. The molecule has 4 heterocycles. The van der Waals surface area contributed by atoms with Crippen LogP contribution in [0.2, 0.25) is 0 Å². The number of piperidine rings is 1. The first-order valence-electron chi connectivity index (χ1n) is 11.7. The number of likely N-dealkylation sites (tertiary alicyclic amines) is 1. The predicted molar refractivity (Wildman–Crippen MR) is 126 cm³/mol. The Bertz CT molecular complexity index is 998. The van der Waals surface area contributed by atoms with Gasteiger partial charge in [-0.3, -0.25) is 9.88 Å². The average molecular weight is 430 g/mol. The zero-order valence-corrected chi connectivity index (χ0v) is 18.6. The number of rotatable bonds is 6. The van der Waals surface area contributed by atoms with Crippen molar-refractivity contribution in [1.29, 1.82) is 0 Å². The second-order valence-electron chi connectivity index (χ2n) is 8.71. The number of nitrogens with zero attached hydrogens (tertiary/aromatic N) is 5. The van der Waals surface area contributed by atoms with E-state index in [0.29, 0.717) is 5.92 Å². The van der Waals surface area contributed by atoms with Gasteiger partial charge in [-0.2, -0.15) is 0 Å². The van der Waals surface area contributed by atoms with Crippen molar-refractivity contribution >= 4 is 5.95 Å². The maximum Gasteiger partial charge on any atom is 0.225 e. The van der Waals surface area contributed by atoms with Gasteiger partial charge >= 0.3 is 0 Å². The van der Waals surface area contributed by atoms with Crippen LogP contribution in [0, 0.1) is 0 Å². The van der Waals surface area contributed by atoms with Crippen LogP contribution in [-0.4, -0.2) is 59.2 Å². The third-order valence-electron chi connectivity index (χ3n) is 6.44. The van der Waals surface area contributed by atoms with Crippen molar-refractivity contribution in [3.63, 3.8) is 0 Å². The molecular formula is C26H31N5O. The Morgan fingerprint density at radius 1 is 0.812 bits per heavy atom. The molecule has 166 valence electrons. The van der Waals surface area contributed by atoms with Crippen molar-refractivity contribution in [3.8, 4) is 0 Å². The van der Waals surface area contributed by atoms with Gasteiger partial charge in [0.1, 0.15) is 0 Å². The largest absolute Gasteiger partial charge is 0.378 e. The molecule has 3 aromatic rings. The Morgan fingerprint density at radius 2 is 1.62 bits per heavy atom. The van der Waals surface area contributed by atoms with E-state index < -0.39 is 0 Å². The fourth-order valence-corrected chi connectivity index (χ4v) is 4.63.